The molecule has 2 bridgehead atoms. The van der Waals surface area contributed by atoms with Crippen LogP contribution in [0, 0.1) is 11.8 Å². The van der Waals surface area contributed by atoms with Crippen molar-refractivity contribution in [2.45, 2.75) is 106 Å². The zero-order chi connectivity index (χ0) is 34.5. The highest BCUT2D eigenvalue weighted by atomic mass is 79.9. The van der Waals surface area contributed by atoms with Crippen molar-refractivity contribution in [1.82, 2.24) is 15.1 Å². The lowest BCUT2D eigenvalue weighted by Gasteiger charge is -2.42. The molecule has 47 heavy (non-hydrogen) atoms. The second-order valence-electron chi connectivity index (χ2n) is 13.8. The summed E-state index contributed by atoms with van der Waals surface area (Å²) in [6.07, 6.45) is 4.84. The number of rotatable bonds is 16. The van der Waals surface area contributed by atoms with Crippen molar-refractivity contribution >= 4 is 39.6 Å². The van der Waals surface area contributed by atoms with Crippen LogP contribution in [0.3, 0.4) is 0 Å². The Hall–Kier alpha value is -3.02. The predicted octanol–water partition coefficient (Wildman–Crippen LogP) is 4.47. The van der Waals surface area contributed by atoms with Crippen molar-refractivity contribution in [3.63, 3.8) is 0 Å². The molecular weight excluding hydrogens is 666 g/mol. The van der Waals surface area contributed by atoms with E-state index in [9.17, 15) is 24.3 Å². The van der Waals surface area contributed by atoms with Gasteiger partial charge in [-0.15, -0.1) is 13.2 Å². The fraction of sp³-hybridized carbons (Fsp3) is 0.611. The van der Waals surface area contributed by atoms with Crippen LogP contribution in [-0.2, 0) is 28.7 Å². The SMILES string of the molecule is C=CCCC(=O)N[C@@H](C)[C@H](OC(=O)[C@H]1[C@@H]2O[C@@]3(CC2Br)[C@@H]1C(=O)N(CCCCCO)[C@@H]3C(=O)N(CC=C)C(C)(C)C)c1ccccc1. The Morgan fingerprint density at radius 2 is 1.89 bits per heavy atom. The van der Waals surface area contributed by atoms with Crippen molar-refractivity contribution in [2.24, 2.45) is 11.8 Å². The number of allylic oxidation sites excluding steroid dienone is 1. The molecule has 1 aromatic rings. The Bertz CT molecular complexity index is 1320. The number of ether oxygens (including phenoxy) is 2. The number of aliphatic hydroxyl groups is 1. The fourth-order valence-corrected chi connectivity index (χ4v) is 8.34. The summed E-state index contributed by atoms with van der Waals surface area (Å²) >= 11 is 3.73. The molecule has 3 amide bonds. The topological polar surface area (TPSA) is 125 Å². The number of halogens is 1. The summed E-state index contributed by atoms with van der Waals surface area (Å²) in [5, 5.41) is 12.3. The van der Waals surface area contributed by atoms with E-state index in [-0.39, 0.29) is 42.1 Å². The summed E-state index contributed by atoms with van der Waals surface area (Å²) in [4.78, 5) is 59.0. The summed E-state index contributed by atoms with van der Waals surface area (Å²) < 4.78 is 12.9. The Labute approximate surface area is 287 Å². The molecule has 8 atom stereocenters. The van der Waals surface area contributed by atoms with E-state index in [0.29, 0.717) is 44.2 Å². The van der Waals surface area contributed by atoms with E-state index in [0.717, 1.165) is 0 Å². The normalized spacial score (nSPS) is 27.6. The van der Waals surface area contributed by atoms with Gasteiger partial charge in [0.2, 0.25) is 17.7 Å². The van der Waals surface area contributed by atoms with Crippen LogP contribution < -0.4 is 5.32 Å². The second kappa shape index (κ2) is 15.5. The van der Waals surface area contributed by atoms with Crippen molar-refractivity contribution in [2.75, 3.05) is 19.7 Å². The number of hydrogen-bond donors (Lipinski definition) is 2. The molecule has 4 rings (SSSR count). The van der Waals surface area contributed by atoms with Crippen LogP contribution in [0.1, 0.15) is 77.9 Å². The van der Waals surface area contributed by atoms with Crippen molar-refractivity contribution in [1.29, 1.82) is 0 Å². The number of nitrogens with one attached hydrogen (secondary N) is 1. The van der Waals surface area contributed by atoms with Crippen molar-refractivity contribution < 1.29 is 33.8 Å². The van der Waals surface area contributed by atoms with Gasteiger partial charge >= 0.3 is 5.97 Å². The number of hydrogen-bond acceptors (Lipinski definition) is 7. The molecule has 1 aromatic carbocycles. The van der Waals surface area contributed by atoms with Crippen LogP contribution in [0.2, 0.25) is 0 Å². The van der Waals surface area contributed by atoms with Gasteiger partial charge in [-0.05, 0) is 65.4 Å². The number of nitrogens with zero attached hydrogens (tertiary/aromatic N) is 2. The molecule has 1 unspecified atom stereocenters. The van der Waals surface area contributed by atoms with Crippen LogP contribution >= 0.6 is 15.9 Å². The monoisotopic (exact) mass is 715 g/mol. The maximum atomic E-state index is 14.6. The quantitative estimate of drug-likeness (QED) is 0.112. The minimum absolute atomic E-state index is 0.0414. The number of esters is 1. The zero-order valence-electron chi connectivity index (χ0n) is 28.0. The van der Waals surface area contributed by atoms with Crippen LogP contribution in [0.15, 0.2) is 55.6 Å². The minimum atomic E-state index is -1.23. The first-order valence-corrected chi connectivity index (χ1v) is 17.5. The summed E-state index contributed by atoms with van der Waals surface area (Å²) in [5.41, 5.74) is -1.10. The number of fused-ring (bicyclic) bond motifs is 1. The average molecular weight is 717 g/mol. The van der Waals surface area contributed by atoms with Gasteiger partial charge in [-0.1, -0.05) is 58.4 Å². The van der Waals surface area contributed by atoms with Crippen LogP contribution in [0.25, 0.3) is 0 Å². The zero-order valence-corrected chi connectivity index (χ0v) is 29.6. The molecule has 11 heteroatoms. The summed E-state index contributed by atoms with van der Waals surface area (Å²) in [6, 6.07) is 7.69. The van der Waals surface area contributed by atoms with Gasteiger partial charge < -0.3 is 29.7 Å². The highest BCUT2D eigenvalue weighted by Gasteiger charge is 2.77. The number of alkyl halides is 1. The lowest BCUT2D eigenvalue weighted by molar-refractivity contribution is -0.162. The molecule has 3 saturated heterocycles. The first-order valence-electron chi connectivity index (χ1n) is 16.6. The first-order chi connectivity index (χ1) is 22.3. The molecule has 1 spiro atoms. The number of carbonyl (C=O) groups is 4. The standard InChI is InChI=1S/C36H50BrN3O7/c1-7-9-18-26(42)38-23(3)29(24-16-12-10-13-17-24)46-34(45)27-28-32(43)39(20-14-11-15-21-41)31(36(28)22-25(37)30(27)47-36)33(44)40(19-8-2)35(4,5)6/h7-8,10,12-13,16-17,23,25,27-31,41H,1-2,9,11,14-15,18-22H2,3-6H3,(H,38,42)/t23-,25?,27+,28-,29-,30+,31+,36-/m0/s1. The molecule has 258 valence electrons. The molecule has 3 heterocycles. The summed E-state index contributed by atoms with van der Waals surface area (Å²) in [6.45, 7) is 15.8. The molecule has 2 N–H and O–H groups in total. The van der Waals surface area contributed by atoms with E-state index in [1.54, 1.807) is 28.9 Å². The smallest absolute Gasteiger partial charge is 0.313 e. The minimum Gasteiger partial charge on any atom is -0.455 e. The van der Waals surface area contributed by atoms with Gasteiger partial charge in [0, 0.05) is 36.5 Å². The second-order valence-corrected chi connectivity index (χ2v) is 15.0. The number of amides is 3. The number of likely N-dealkylation sites (tertiary alicyclic amines) is 1. The lowest BCUT2D eigenvalue weighted by Crippen LogP contribution is -2.60. The Balaban J connectivity index is 1.69. The molecular formula is C36H50BrN3O7. The third-order valence-corrected chi connectivity index (χ3v) is 10.4. The molecule has 0 aliphatic carbocycles. The van der Waals surface area contributed by atoms with E-state index < -0.39 is 53.2 Å². The van der Waals surface area contributed by atoms with Crippen LogP contribution in [0.5, 0.6) is 0 Å². The fourth-order valence-electron chi connectivity index (χ4n) is 7.40. The molecule has 0 aromatic heterocycles. The van der Waals surface area contributed by atoms with Gasteiger partial charge in [0.15, 0.2) is 0 Å². The molecule has 0 saturated carbocycles. The maximum absolute atomic E-state index is 14.6. The summed E-state index contributed by atoms with van der Waals surface area (Å²) in [5.74, 6) is -3.22. The Morgan fingerprint density at radius 1 is 1.19 bits per heavy atom. The van der Waals surface area contributed by atoms with Crippen molar-refractivity contribution in [3.8, 4) is 0 Å². The largest absolute Gasteiger partial charge is 0.455 e. The van der Waals surface area contributed by atoms with E-state index in [4.69, 9.17) is 9.47 Å². The highest BCUT2D eigenvalue weighted by Crippen LogP contribution is 2.60. The Kier molecular flexibility index (Phi) is 12.1. The molecule has 3 fully saturated rings. The predicted molar refractivity (Wildman–Crippen MR) is 182 cm³/mol. The Morgan fingerprint density at radius 3 is 2.51 bits per heavy atom. The number of carbonyl (C=O) groups excluding carboxylic acids is 4. The van der Waals surface area contributed by atoms with E-state index in [1.165, 1.54) is 0 Å². The van der Waals surface area contributed by atoms with Gasteiger partial charge in [-0.3, -0.25) is 19.2 Å². The maximum Gasteiger partial charge on any atom is 0.313 e. The first kappa shape index (κ1) is 36.8. The summed E-state index contributed by atoms with van der Waals surface area (Å²) in [7, 11) is 0. The number of benzene rings is 1. The third kappa shape index (κ3) is 7.52. The number of aliphatic hydroxyl groups excluding tert-OH is 1. The molecule has 3 aliphatic heterocycles. The lowest BCUT2D eigenvalue weighted by atomic mass is 9.70. The average Bonchev–Trinajstić information content (AvgIpc) is 3.62. The van der Waals surface area contributed by atoms with Gasteiger partial charge in [-0.25, -0.2) is 0 Å². The van der Waals surface area contributed by atoms with Gasteiger partial charge in [0.1, 0.15) is 17.7 Å². The van der Waals surface area contributed by atoms with E-state index in [1.807, 2.05) is 51.1 Å². The van der Waals surface area contributed by atoms with Crippen LogP contribution in [-0.4, -0.2) is 92.4 Å². The molecule has 10 nitrogen and oxygen atoms in total. The van der Waals surface area contributed by atoms with Crippen molar-refractivity contribution in [3.05, 3.63) is 61.2 Å². The van der Waals surface area contributed by atoms with Gasteiger partial charge in [0.05, 0.1) is 24.0 Å². The van der Waals surface area contributed by atoms with E-state index >= 15 is 0 Å². The van der Waals surface area contributed by atoms with Gasteiger partial charge in [-0.2, -0.15) is 0 Å². The molecule has 3 aliphatic rings. The van der Waals surface area contributed by atoms with E-state index in [2.05, 4.69) is 34.4 Å². The highest BCUT2D eigenvalue weighted by molar-refractivity contribution is 9.09. The number of unbranched alkanes of at least 4 members (excludes halogenated alkanes) is 2. The third-order valence-electron chi connectivity index (χ3n) is 9.53. The van der Waals surface area contributed by atoms with Crippen LogP contribution in [0.4, 0.5) is 0 Å². The van der Waals surface area contributed by atoms with Gasteiger partial charge in [0.25, 0.3) is 0 Å². The molecule has 0 radical (unpaired) electrons.